The molecule has 0 aromatic heterocycles. The van der Waals surface area contributed by atoms with Crippen molar-refractivity contribution in [2.24, 2.45) is 10.7 Å². The van der Waals surface area contributed by atoms with Gasteiger partial charge in [0.1, 0.15) is 0 Å². The summed E-state index contributed by atoms with van der Waals surface area (Å²) in [4.78, 5) is 21.7. The molecule has 5 nitrogen and oxygen atoms in total. The molecule has 132 valence electrons. The number of carbonyl (C=O) groups is 1. The average molecular weight is 346 g/mol. The molecular formula is C21H22N4O. The van der Waals surface area contributed by atoms with E-state index in [1.165, 1.54) is 24.1 Å². The number of anilines is 2. The minimum absolute atomic E-state index is 0.107. The van der Waals surface area contributed by atoms with Gasteiger partial charge in [0.25, 0.3) is 5.91 Å². The van der Waals surface area contributed by atoms with Crippen molar-refractivity contribution >= 4 is 23.0 Å². The molecule has 0 spiro atoms. The summed E-state index contributed by atoms with van der Waals surface area (Å²) < 4.78 is 0. The average Bonchev–Trinajstić information content (AvgIpc) is 3.33. The molecule has 1 amide bonds. The second kappa shape index (κ2) is 5.95. The van der Waals surface area contributed by atoms with Crippen LogP contribution in [0.3, 0.4) is 0 Å². The van der Waals surface area contributed by atoms with Crippen LogP contribution in [0.2, 0.25) is 0 Å². The third kappa shape index (κ3) is 2.35. The summed E-state index contributed by atoms with van der Waals surface area (Å²) in [6.07, 6.45) is 2.51. The lowest BCUT2D eigenvalue weighted by atomic mass is 9.97. The lowest BCUT2D eigenvalue weighted by Crippen LogP contribution is -2.41. The molecule has 1 unspecified atom stereocenters. The molecule has 0 saturated carbocycles. The normalized spacial score (nSPS) is 21.7. The molecule has 2 N–H and O–H groups in total. The monoisotopic (exact) mass is 346 g/mol. The van der Waals surface area contributed by atoms with E-state index >= 15 is 0 Å². The van der Waals surface area contributed by atoms with Crippen LogP contribution in [0.4, 0.5) is 11.4 Å². The van der Waals surface area contributed by atoms with Crippen LogP contribution in [0, 0.1) is 0 Å². The predicted molar refractivity (Wildman–Crippen MR) is 104 cm³/mol. The number of hydrogen-bond donors (Lipinski definition) is 1. The van der Waals surface area contributed by atoms with Crippen LogP contribution in [0.5, 0.6) is 0 Å². The Kier molecular flexibility index (Phi) is 3.57. The first-order valence-corrected chi connectivity index (χ1v) is 9.35. The first-order valence-electron chi connectivity index (χ1n) is 9.35. The van der Waals surface area contributed by atoms with Gasteiger partial charge in [-0.1, -0.05) is 30.3 Å². The van der Waals surface area contributed by atoms with E-state index < -0.39 is 6.17 Å². The lowest BCUT2D eigenvalue weighted by Gasteiger charge is -2.23. The molecule has 5 heteroatoms. The second-order valence-corrected chi connectivity index (χ2v) is 7.22. The van der Waals surface area contributed by atoms with Crippen molar-refractivity contribution in [3.8, 4) is 0 Å². The highest BCUT2D eigenvalue weighted by Crippen LogP contribution is 2.39. The molecule has 2 aromatic rings. The van der Waals surface area contributed by atoms with Crippen LogP contribution in [0.1, 0.15) is 29.5 Å². The molecule has 1 fully saturated rings. The SMILES string of the molecule is NC1N=C(c2ccccc2)c2cc(N3CCCC3)cc3c2N(CC3)C1=O. The van der Waals surface area contributed by atoms with E-state index in [4.69, 9.17) is 5.73 Å². The third-order valence-electron chi connectivity index (χ3n) is 5.61. The summed E-state index contributed by atoms with van der Waals surface area (Å²) in [6, 6.07) is 14.5. The Balaban J connectivity index is 1.74. The Labute approximate surface area is 153 Å². The molecular weight excluding hydrogens is 324 g/mol. The standard InChI is InChI=1S/C21H22N4O/c22-20-21(26)25-11-8-15-12-16(24-9-4-5-10-24)13-17(19(15)25)18(23-20)14-6-2-1-3-7-14/h1-3,6-7,12-13,20H,4-5,8-11,22H2. The second-order valence-electron chi connectivity index (χ2n) is 7.22. The van der Waals surface area contributed by atoms with E-state index in [-0.39, 0.29) is 5.91 Å². The summed E-state index contributed by atoms with van der Waals surface area (Å²) in [6.45, 7) is 2.88. The number of hydrogen-bond acceptors (Lipinski definition) is 4. The van der Waals surface area contributed by atoms with E-state index in [0.717, 1.165) is 42.0 Å². The van der Waals surface area contributed by atoms with E-state index in [0.29, 0.717) is 6.54 Å². The summed E-state index contributed by atoms with van der Waals surface area (Å²) in [7, 11) is 0. The van der Waals surface area contributed by atoms with E-state index in [1.54, 1.807) is 0 Å². The van der Waals surface area contributed by atoms with Crippen LogP contribution >= 0.6 is 0 Å². The Morgan fingerprint density at radius 1 is 1.04 bits per heavy atom. The number of carbonyl (C=O) groups excluding carboxylic acids is 1. The molecule has 0 bridgehead atoms. The van der Waals surface area contributed by atoms with Crippen LogP contribution in [0.15, 0.2) is 47.5 Å². The van der Waals surface area contributed by atoms with Gasteiger partial charge in [0, 0.05) is 36.4 Å². The fourth-order valence-corrected chi connectivity index (χ4v) is 4.34. The number of nitrogens with zero attached hydrogens (tertiary/aromatic N) is 3. The van der Waals surface area contributed by atoms with E-state index in [9.17, 15) is 4.79 Å². The molecule has 1 atom stereocenters. The Morgan fingerprint density at radius 3 is 2.58 bits per heavy atom. The topological polar surface area (TPSA) is 61.9 Å². The number of benzene rings is 2. The zero-order valence-electron chi connectivity index (χ0n) is 14.7. The maximum atomic E-state index is 12.8. The minimum Gasteiger partial charge on any atom is -0.372 e. The highest BCUT2D eigenvalue weighted by molar-refractivity contribution is 6.21. The van der Waals surface area contributed by atoms with Crippen LogP contribution in [0.25, 0.3) is 0 Å². The maximum Gasteiger partial charge on any atom is 0.266 e. The molecule has 0 aliphatic carbocycles. The van der Waals surface area contributed by atoms with Crippen LogP contribution < -0.4 is 15.5 Å². The van der Waals surface area contributed by atoms with Gasteiger partial charge in [-0.3, -0.25) is 9.79 Å². The number of amides is 1. The van der Waals surface area contributed by atoms with Gasteiger partial charge in [-0.2, -0.15) is 0 Å². The molecule has 3 heterocycles. The van der Waals surface area contributed by atoms with E-state index in [1.807, 2.05) is 35.2 Å². The Morgan fingerprint density at radius 2 is 1.81 bits per heavy atom. The minimum atomic E-state index is -0.848. The predicted octanol–water partition coefficient (Wildman–Crippen LogP) is 2.31. The van der Waals surface area contributed by atoms with Crippen LogP contribution in [-0.4, -0.2) is 37.4 Å². The highest BCUT2D eigenvalue weighted by Gasteiger charge is 2.35. The first-order chi connectivity index (χ1) is 12.7. The third-order valence-corrected chi connectivity index (χ3v) is 5.61. The van der Waals surface area contributed by atoms with Crippen molar-refractivity contribution in [1.29, 1.82) is 0 Å². The van der Waals surface area contributed by atoms with Crippen molar-refractivity contribution in [3.05, 3.63) is 59.2 Å². The lowest BCUT2D eigenvalue weighted by molar-refractivity contribution is -0.119. The summed E-state index contributed by atoms with van der Waals surface area (Å²) in [5, 5.41) is 0. The van der Waals surface area contributed by atoms with Gasteiger partial charge in [0.15, 0.2) is 6.17 Å². The van der Waals surface area contributed by atoms with Gasteiger partial charge in [-0.05, 0) is 37.0 Å². The van der Waals surface area contributed by atoms with E-state index in [2.05, 4.69) is 22.0 Å². The molecule has 3 aliphatic rings. The fourth-order valence-electron chi connectivity index (χ4n) is 4.34. The summed E-state index contributed by atoms with van der Waals surface area (Å²) in [5.41, 5.74) is 12.5. The van der Waals surface area contributed by atoms with Gasteiger partial charge in [-0.25, -0.2) is 0 Å². The largest absolute Gasteiger partial charge is 0.372 e. The Hall–Kier alpha value is -2.66. The molecule has 1 saturated heterocycles. The van der Waals surface area contributed by atoms with Crippen molar-refractivity contribution in [1.82, 2.24) is 0 Å². The number of rotatable bonds is 2. The van der Waals surface area contributed by atoms with Gasteiger partial charge in [0.2, 0.25) is 0 Å². The maximum absolute atomic E-state index is 12.8. The van der Waals surface area contributed by atoms with Crippen molar-refractivity contribution < 1.29 is 4.79 Å². The van der Waals surface area contributed by atoms with Gasteiger partial charge in [-0.15, -0.1) is 0 Å². The quantitative estimate of drug-likeness (QED) is 0.908. The molecule has 0 radical (unpaired) electrons. The smallest absolute Gasteiger partial charge is 0.266 e. The van der Waals surface area contributed by atoms with Crippen molar-refractivity contribution in [2.75, 3.05) is 29.4 Å². The molecule has 2 aromatic carbocycles. The van der Waals surface area contributed by atoms with Gasteiger partial charge in [0.05, 0.1) is 11.4 Å². The molecule has 3 aliphatic heterocycles. The van der Waals surface area contributed by atoms with Crippen molar-refractivity contribution in [2.45, 2.75) is 25.4 Å². The molecule has 5 rings (SSSR count). The van der Waals surface area contributed by atoms with Gasteiger partial charge < -0.3 is 15.5 Å². The summed E-state index contributed by atoms with van der Waals surface area (Å²) in [5.74, 6) is -0.107. The van der Waals surface area contributed by atoms with Gasteiger partial charge >= 0.3 is 0 Å². The Bertz CT molecular complexity index is 900. The highest BCUT2D eigenvalue weighted by atomic mass is 16.2. The summed E-state index contributed by atoms with van der Waals surface area (Å²) >= 11 is 0. The fraction of sp³-hybridized carbons (Fsp3) is 0.333. The molecule has 26 heavy (non-hydrogen) atoms. The number of aliphatic imine (C=N–C) groups is 1. The zero-order chi connectivity index (χ0) is 17.7. The van der Waals surface area contributed by atoms with Crippen molar-refractivity contribution in [3.63, 3.8) is 0 Å². The number of nitrogens with two attached hydrogens (primary N) is 1. The van der Waals surface area contributed by atoms with Crippen LogP contribution in [-0.2, 0) is 11.2 Å². The zero-order valence-corrected chi connectivity index (χ0v) is 14.7. The first kappa shape index (κ1) is 15.6.